The average Bonchev–Trinajstić information content (AvgIpc) is 3.24. The van der Waals surface area contributed by atoms with E-state index >= 15 is 0 Å². The number of ether oxygens (including phenoxy) is 1. The summed E-state index contributed by atoms with van der Waals surface area (Å²) in [6.45, 7) is -1.07. The monoisotopic (exact) mass is 501 g/mol. The van der Waals surface area contributed by atoms with Gasteiger partial charge in [0, 0.05) is 11.6 Å². The molecular formula is C21H20ClF4N5O3. The van der Waals surface area contributed by atoms with Gasteiger partial charge in [0.1, 0.15) is 18.1 Å². The highest BCUT2D eigenvalue weighted by Crippen LogP contribution is 2.54. The SMILES string of the molecule is O=C(Cn1nc(-c2nc(C3(c4ccc(F)cc4Cl)CC3)no2)cc1C(F)F)NCCCOCF. The van der Waals surface area contributed by atoms with Gasteiger partial charge < -0.3 is 14.6 Å². The Bertz CT molecular complexity index is 1170. The molecule has 182 valence electrons. The number of nitrogens with zero attached hydrogens (tertiary/aromatic N) is 4. The molecule has 13 heteroatoms. The van der Waals surface area contributed by atoms with Gasteiger partial charge >= 0.3 is 0 Å². The van der Waals surface area contributed by atoms with Gasteiger partial charge in [-0.25, -0.2) is 17.6 Å². The van der Waals surface area contributed by atoms with E-state index in [2.05, 4.69) is 25.3 Å². The predicted molar refractivity (Wildman–Crippen MR) is 111 cm³/mol. The maximum atomic E-state index is 13.5. The molecule has 1 aromatic carbocycles. The lowest BCUT2D eigenvalue weighted by atomic mass is 9.95. The number of halogens is 5. The van der Waals surface area contributed by atoms with Gasteiger partial charge in [0.05, 0.1) is 12.0 Å². The lowest BCUT2D eigenvalue weighted by molar-refractivity contribution is -0.122. The van der Waals surface area contributed by atoms with Crippen LogP contribution in [-0.4, -0.2) is 45.8 Å². The molecular weight excluding hydrogens is 482 g/mol. The molecule has 0 aliphatic heterocycles. The summed E-state index contributed by atoms with van der Waals surface area (Å²) in [4.78, 5) is 16.4. The fourth-order valence-electron chi connectivity index (χ4n) is 3.62. The molecule has 1 aliphatic carbocycles. The maximum Gasteiger partial charge on any atom is 0.280 e. The number of amides is 1. The Morgan fingerprint density at radius 2 is 2.12 bits per heavy atom. The fourth-order valence-corrected chi connectivity index (χ4v) is 3.97. The number of carbonyl (C=O) groups excluding carboxylic acids is 1. The Labute approximate surface area is 196 Å². The van der Waals surface area contributed by atoms with Crippen molar-refractivity contribution in [2.45, 2.75) is 37.6 Å². The molecule has 1 saturated carbocycles. The molecule has 4 rings (SSSR count). The number of hydrogen-bond acceptors (Lipinski definition) is 6. The van der Waals surface area contributed by atoms with Crippen molar-refractivity contribution in [3.8, 4) is 11.6 Å². The number of aromatic nitrogens is 4. The molecule has 34 heavy (non-hydrogen) atoms. The van der Waals surface area contributed by atoms with Crippen molar-refractivity contribution in [3.63, 3.8) is 0 Å². The Balaban J connectivity index is 1.51. The molecule has 1 N–H and O–H groups in total. The Morgan fingerprint density at radius 1 is 1.32 bits per heavy atom. The van der Waals surface area contributed by atoms with Gasteiger partial charge in [0.15, 0.2) is 18.4 Å². The van der Waals surface area contributed by atoms with Gasteiger partial charge in [-0.15, -0.1) is 0 Å². The van der Waals surface area contributed by atoms with E-state index in [4.69, 9.17) is 16.1 Å². The minimum atomic E-state index is -2.90. The van der Waals surface area contributed by atoms with Crippen LogP contribution in [0.1, 0.15) is 42.8 Å². The highest BCUT2D eigenvalue weighted by molar-refractivity contribution is 6.31. The zero-order valence-electron chi connectivity index (χ0n) is 17.7. The Kier molecular flexibility index (Phi) is 7.17. The van der Waals surface area contributed by atoms with Gasteiger partial charge in [-0.2, -0.15) is 10.1 Å². The second-order valence-corrected chi connectivity index (χ2v) is 8.17. The summed E-state index contributed by atoms with van der Waals surface area (Å²) in [6.07, 6.45) is -1.22. The van der Waals surface area contributed by atoms with Crippen molar-refractivity contribution in [2.75, 3.05) is 20.0 Å². The molecule has 0 bridgehead atoms. The third kappa shape index (κ3) is 5.07. The van der Waals surface area contributed by atoms with Crippen LogP contribution in [0.25, 0.3) is 11.6 Å². The first-order valence-corrected chi connectivity index (χ1v) is 10.8. The second kappa shape index (κ2) is 10.1. The number of hydrogen-bond donors (Lipinski definition) is 1. The first-order chi connectivity index (χ1) is 16.3. The molecule has 3 aromatic rings. The zero-order chi connectivity index (χ0) is 24.3. The average molecular weight is 502 g/mol. The van der Waals surface area contributed by atoms with Crippen LogP contribution < -0.4 is 5.32 Å². The summed E-state index contributed by atoms with van der Waals surface area (Å²) in [5, 5.41) is 10.8. The van der Waals surface area contributed by atoms with Crippen LogP contribution in [0.4, 0.5) is 17.6 Å². The van der Waals surface area contributed by atoms with Gasteiger partial charge in [0.25, 0.3) is 12.3 Å². The fraction of sp³-hybridized carbons (Fsp3) is 0.429. The van der Waals surface area contributed by atoms with E-state index in [9.17, 15) is 22.4 Å². The van der Waals surface area contributed by atoms with Crippen LogP contribution in [-0.2, 0) is 21.5 Å². The van der Waals surface area contributed by atoms with Gasteiger partial charge in [-0.05, 0) is 43.0 Å². The standard InChI is InChI=1S/C21H20ClF4N5O3/c22-14-8-12(24)2-3-13(14)21(4-5-21)20-28-19(34-30-20)15-9-16(18(25)26)31(29-15)10-17(32)27-6-1-7-33-11-23/h2-3,8-9,18H,1,4-7,10-11H2,(H,27,32). The van der Waals surface area contributed by atoms with E-state index in [1.54, 1.807) is 6.07 Å². The second-order valence-electron chi connectivity index (χ2n) is 7.76. The number of carbonyl (C=O) groups is 1. The highest BCUT2D eigenvalue weighted by Gasteiger charge is 2.51. The van der Waals surface area contributed by atoms with Crippen LogP contribution in [0, 0.1) is 5.82 Å². The minimum Gasteiger partial charge on any atom is -0.354 e. The van der Waals surface area contributed by atoms with E-state index in [1.807, 2.05) is 0 Å². The number of nitrogens with one attached hydrogen (secondary N) is 1. The lowest BCUT2D eigenvalue weighted by Crippen LogP contribution is -2.30. The first kappa shape index (κ1) is 24.1. The lowest BCUT2D eigenvalue weighted by Gasteiger charge is -2.12. The van der Waals surface area contributed by atoms with Crippen LogP contribution in [0.5, 0.6) is 0 Å². The van der Waals surface area contributed by atoms with Crippen LogP contribution in [0.2, 0.25) is 5.02 Å². The number of rotatable bonds is 11. The molecule has 1 amide bonds. The quantitative estimate of drug-likeness (QED) is 0.313. The molecule has 0 atom stereocenters. The highest BCUT2D eigenvalue weighted by atomic mass is 35.5. The van der Waals surface area contributed by atoms with E-state index < -0.39 is 42.7 Å². The minimum absolute atomic E-state index is 0.0146. The maximum absolute atomic E-state index is 13.5. The Morgan fingerprint density at radius 3 is 2.79 bits per heavy atom. The third-order valence-electron chi connectivity index (χ3n) is 5.46. The third-order valence-corrected chi connectivity index (χ3v) is 5.78. The predicted octanol–water partition coefficient (Wildman–Crippen LogP) is 4.19. The van der Waals surface area contributed by atoms with E-state index in [1.165, 1.54) is 12.1 Å². The molecule has 0 radical (unpaired) electrons. The summed E-state index contributed by atoms with van der Waals surface area (Å²) < 4.78 is 63.1. The molecule has 2 aromatic heterocycles. The van der Waals surface area contributed by atoms with Crippen molar-refractivity contribution in [1.82, 2.24) is 25.2 Å². The molecule has 0 saturated heterocycles. The molecule has 2 heterocycles. The molecule has 0 unspecified atom stereocenters. The largest absolute Gasteiger partial charge is 0.354 e. The normalized spacial score (nSPS) is 14.5. The molecule has 8 nitrogen and oxygen atoms in total. The number of alkyl halides is 3. The molecule has 1 fully saturated rings. The zero-order valence-corrected chi connectivity index (χ0v) is 18.5. The van der Waals surface area contributed by atoms with Crippen molar-refractivity contribution in [3.05, 3.63) is 52.2 Å². The summed E-state index contributed by atoms with van der Waals surface area (Å²) in [5.41, 5.74) is -0.505. The van der Waals surface area contributed by atoms with Crippen LogP contribution in [0.15, 0.2) is 28.8 Å². The summed E-state index contributed by atoms with van der Waals surface area (Å²) in [7, 11) is 0. The van der Waals surface area contributed by atoms with Crippen molar-refractivity contribution in [1.29, 1.82) is 0 Å². The topological polar surface area (TPSA) is 95.1 Å². The molecule has 1 aliphatic rings. The van der Waals surface area contributed by atoms with Gasteiger partial charge in [0.2, 0.25) is 5.91 Å². The van der Waals surface area contributed by atoms with E-state index in [-0.39, 0.29) is 35.6 Å². The number of benzene rings is 1. The summed E-state index contributed by atoms with van der Waals surface area (Å²) >= 11 is 6.21. The summed E-state index contributed by atoms with van der Waals surface area (Å²) in [5.74, 6) is -0.826. The Hall–Kier alpha value is -2.99. The summed E-state index contributed by atoms with van der Waals surface area (Å²) in [6, 6.07) is 5.13. The first-order valence-electron chi connectivity index (χ1n) is 10.4. The van der Waals surface area contributed by atoms with Gasteiger partial charge in [-0.1, -0.05) is 22.8 Å². The van der Waals surface area contributed by atoms with Crippen molar-refractivity contribution < 1.29 is 31.6 Å². The van der Waals surface area contributed by atoms with Crippen molar-refractivity contribution >= 4 is 17.5 Å². The van der Waals surface area contributed by atoms with E-state index in [0.717, 1.165) is 10.7 Å². The van der Waals surface area contributed by atoms with Crippen molar-refractivity contribution in [2.24, 2.45) is 0 Å². The van der Waals surface area contributed by atoms with Gasteiger partial charge in [-0.3, -0.25) is 9.48 Å². The molecule has 0 spiro atoms. The van der Waals surface area contributed by atoms with Crippen LogP contribution in [0.3, 0.4) is 0 Å². The smallest absolute Gasteiger partial charge is 0.280 e. The van der Waals surface area contributed by atoms with E-state index in [0.29, 0.717) is 24.8 Å². The van der Waals surface area contributed by atoms with Crippen LogP contribution >= 0.6 is 11.6 Å².